The van der Waals surface area contributed by atoms with Crippen LogP contribution in [0.25, 0.3) is 0 Å². The molecule has 1 unspecified atom stereocenters. The molecule has 0 spiro atoms. The van der Waals surface area contributed by atoms with E-state index in [-0.39, 0.29) is 16.7 Å². The van der Waals surface area contributed by atoms with Crippen LogP contribution in [0, 0.1) is 10.1 Å². The lowest BCUT2D eigenvalue weighted by molar-refractivity contribution is -0.384. The Morgan fingerprint density at radius 1 is 1.10 bits per heavy atom. The lowest BCUT2D eigenvalue weighted by Gasteiger charge is -2.18. The van der Waals surface area contributed by atoms with Crippen molar-refractivity contribution in [1.82, 2.24) is 0 Å². The van der Waals surface area contributed by atoms with Crippen molar-refractivity contribution in [2.24, 2.45) is 0 Å². The van der Waals surface area contributed by atoms with Gasteiger partial charge in [-0.05, 0) is 24.5 Å². The van der Waals surface area contributed by atoms with E-state index >= 15 is 0 Å². The van der Waals surface area contributed by atoms with Crippen molar-refractivity contribution < 1.29 is 4.92 Å². The molecule has 0 amide bonds. The number of hydrogen-bond donors (Lipinski definition) is 1. The third kappa shape index (κ3) is 3.57. The van der Waals surface area contributed by atoms with Crippen molar-refractivity contribution in [2.75, 3.05) is 5.32 Å². The molecule has 2 aromatic rings. The van der Waals surface area contributed by atoms with E-state index in [0.717, 1.165) is 12.8 Å². The molecule has 0 heterocycles. The Bertz CT molecular complexity index is 570. The van der Waals surface area contributed by atoms with Gasteiger partial charge in [0.05, 0.1) is 4.92 Å². The van der Waals surface area contributed by atoms with Gasteiger partial charge in [0.2, 0.25) is 0 Å². The van der Waals surface area contributed by atoms with E-state index in [2.05, 4.69) is 24.4 Å². The average Bonchev–Trinajstić information content (AvgIpc) is 2.48. The molecule has 0 aliphatic heterocycles. The predicted octanol–water partition coefficient (Wildman–Crippen LogP) is 4.03. The lowest BCUT2D eigenvalue weighted by Crippen LogP contribution is -2.21. The molecule has 0 aliphatic rings. The van der Waals surface area contributed by atoms with Gasteiger partial charge in [0, 0.05) is 12.1 Å². The van der Waals surface area contributed by atoms with Crippen LogP contribution in [0.5, 0.6) is 0 Å². The Hall–Kier alpha value is -2.36. The minimum Gasteiger partial charge on any atom is -0.376 e. The van der Waals surface area contributed by atoms with E-state index < -0.39 is 0 Å². The van der Waals surface area contributed by atoms with Gasteiger partial charge < -0.3 is 5.32 Å². The van der Waals surface area contributed by atoms with Gasteiger partial charge in [-0.25, -0.2) is 0 Å². The van der Waals surface area contributed by atoms with Crippen LogP contribution in [0.2, 0.25) is 0 Å². The summed E-state index contributed by atoms with van der Waals surface area (Å²) in [6.07, 6.45) is 1.75. The van der Waals surface area contributed by atoms with Crippen molar-refractivity contribution in [2.45, 2.75) is 25.8 Å². The van der Waals surface area contributed by atoms with Crippen LogP contribution in [0.1, 0.15) is 18.9 Å². The monoisotopic (exact) mass is 270 g/mol. The summed E-state index contributed by atoms with van der Waals surface area (Å²) in [5.41, 5.74) is 1.93. The number of nitrogens with zero attached hydrogens (tertiary/aromatic N) is 1. The van der Waals surface area contributed by atoms with E-state index in [1.165, 1.54) is 11.6 Å². The van der Waals surface area contributed by atoms with Crippen LogP contribution in [-0.2, 0) is 6.42 Å². The number of benzene rings is 2. The van der Waals surface area contributed by atoms with Gasteiger partial charge in [0.25, 0.3) is 5.69 Å². The van der Waals surface area contributed by atoms with Crippen LogP contribution < -0.4 is 5.32 Å². The lowest BCUT2D eigenvalue weighted by atomic mass is 10.0. The number of hydrogen-bond acceptors (Lipinski definition) is 3. The number of nitrogens with one attached hydrogen (secondary N) is 1. The van der Waals surface area contributed by atoms with Crippen LogP contribution in [0.4, 0.5) is 11.4 Å². The fourth-order valence-corrected chi connectivity index (χ4v) is 2.17. The quantitative estimate of drug-likeness (QED) is 0.637. The van der Waals surface area contributed by atoms with E-state index in [4.69, 9.17) is 0 Å². The fourth-order valence-electron chi connectivity index (χ4n) is 2.17. The Labute approximate surface area is 118 Å². The van der Waals surface area contributed by atoms with E-state index in [1.807, 2.05) is 24.3 Å². The van der Waals surface area contributed by atoms with Gasteiger partial charge in [-0.1, -0.05) is 49.4 Å². The van der Waals surface area contributed by atoms with Crippen molar-refractivity contribution in [3.63, 3.8) is 0 Å². The molecule has 0 aromatic heterocycles. The molecular weight excluding hydrogens is 252 g/mol. The maximum absolute atomic E-state index is 11.0. The Morgan fingerprint density at radius 3 is 2.40 bits per heavy atom. The fraction of sp³-hybridized carbons (Fsp3) is 0.250. The van der Waals surface area contributed by atoms with Gasteiger partial charge in [-0.2, -0.15) is 0 Å². The first-order valence-electron chi connectivity index (χ1n) is 6.74. The molecule has 20 heavy (non-hydrogen) atoms. The SMILES string of the molecule is CCC(Cc1ccccc1)Nc1ccccc1[N+](=O)[O-]. The summed E-state index contributed by atoms with van der Waals surface area (Å²) in [7, 11) is 0. The smallest absolute Gasteiger partial charge is 0.292 e. The number of nitro benzene ring substituents is 1. The first kappa shape index (κ1) is 14.1. The van der Waals surface area contributed by atoms with Crippen LogP contribution >= 0.6 is 0 Å². The van der Waals surface area contributed by atoms with Crippen LogP contribution in [0.15, 0.2) is 54.6 Å². The molecule has 0 saturated heterocycles. The first-order chi connectivity index (χ1) is 9.70. The molecule has 4 heteroatoms. The normalized spacial score (nSPS) is 11.8. The Morgan fingerprint density at radius 2 is 1.75 bits per heavy atom. The first-order valence-corrected chi connectivity index (χ1v) is 6.74. The van der Waals surface area contributed by atoms with E-state index in [1.54, 1.807) is 12.1 Å². The highest BCUT2D eigenvalue weighted by atomic mass is 16.6. The van der Waals surface area contributed by atoms with Crippen LogP contribution in [0.3, 0.4) is 0 Å². The van der Waals surface area contributed by atoms with Crippen molar-refractivity contribution in [3.05, 3.63) is 70.3 Å². The highest BCUT2D eigenvalue weighted by Crippen LogP contribution is 2.25. The molecule has 1 N–H and O–H groups in total. The molecule has 2 aromatic carbocycles. The number of rotatable bonds is 6. The van der Waals surface area contributed by atoms with E-state index in [0.29, 0.717) is 5.69 Å². The minimum atomic E-state index is -0.350. The summed E-state index contributed by atoms with van der Waals surface area (Å²) in [4.78, 5) is 10.7. The number of anilines is 1. The van der Waals surface area contributed by atoms with Crippen molar-refractivity contribution >= 4 is 11.4 Å². The summed E-state index contributed by atoms with van der Waals surface area (Å²) in [6.45, 7) is 2.08. The van der Waals surface area contributed by atoms with Crippen LogP contribution in [-0.4, -0.2) is 11.0 Å². The summed E-state index contributed by atoms with van der Waals surface area (Å²) < 4.78 is 0. The highest BCUT2D eigenvalue weighted by molar-refractivity contribution is 5.61. The zero-order chi connectivity index (χ0) is 14.4. The molecular formula is C16H18N2O2. The zero-order valence-corrected chi connectivity index (χ0v) is 11.5. The highest BCUT2D eigenvalue weighted by Gasteiger charge is 2.15. The summed E-state index contributed by atoms with van der Waals surface area (Å²) in [6, 6.07) is 17.1. The van der Waals surface area contributed by atoms with Gasteiger partial charge in [0.1, 0.15) is 5.69 Å². The van der Waals surface area contributed by atoms with Gasteiger partial charge in [-0.15, -0.1) is 0 Å². The summed E-state index contributed by atoms with van der Waals surface area (Å²) >= 11 is 0. The topological polar surface area (TPSA) is 55.2 Å². The number of para-hydroxylation sites is 2. The third-order valence-corrected chi connectivity index (χ3v) is 3.28. The largest absolute Gasteiger partial charge is 0.376 e. The van der Waals surface area contributed by atoms with Gasteiger partial charge in [-0.3, -0.25) is 10.1 Å². The molecule has 104 valence electrons. The standard InChI is InChI=1S/C16H18N2O2/c1-2-14(12-13-8-4-3-5-9-13)17-15-10-6-7-11-16(15)18(19)20/h3-11,14,17H,2,12H2,1H3. The molecule has 0 radical (unpaired) electrons. The second-order valence-electron chi connectivity index (χ2n) is 4.71. The molecule has 1 atom stereocenters. The molecule has 0 bridgehead atoms. The maximum atomic E-state index is 11.0. The average molecular weight is 270 g/mol. The minimum absolute atomic E-state index is 0.124. The molecule has 0 aliphatic carbocycles. The third-order valence-electron chi connectivity index (χ3n) is 3.28. The van der Waals surface area contributed by atoms with Gasteiger partial charge >= 0.3 is 0 Å². The second kappa shape index (κ2) is 6.70. The Kier molecular flexibility index (Phi) is 4.71. The number of nitro groups is 1. The molecule has 0 fully saturated rings. The second-order valence-corrected chi connectivity index (χ2v) is 4.71. The zero-order valence-electron chi connectivity index (χ0n) is 11.5. The summed E-state index contributed by atoms with van der Waals surface area (Å²) in [5, 5.41) is 14.3. The van der Waals surface area contributed by atoms with Crippen molar-refractivity contribution in [3.8, 4) is 0 Å². The van der Waals surface area contributed by atoms with Crippen molar-refractivity contribution in [1.29, 1.82) is 0 Å². The van der Waals surface area contributed by atoms with E-state index in [9.17, 15) is 10.1 Å². The molecule has 4 nitrogen and oxygen atoms in total. The molecule has 0 saturated carbocycles. The van der Waals surface area contributed by atoms with Gasteiger partial charge in [0.15, 0.2) is 0 Å². The summed E-state index contributed by atoms with van der Waals surface area (Å²) in [5.74, 6) is 0. The predicted molar refractivity (Wildman–Crippen MR) is 80.9 cm³/mol. The molecule has 2 rings (SSSR count). The Balaban J connectivity index is 2.13. The maximum Gasteiger partial charge on any atom is 0.292 e.